The molecular formula is C30H38Cl2N4O3. The maximum Gasteiger partial charge on any atom is 0.249 e. The maximum atomic E-state index is 14.2. The number of fused-ring (bicyclic) bond motifs is 1. The van der Waals surface area contributed by atoms with Crippen LogP contribution < -0.4 is 5.32 Å². The van der Waals surface area contributed by atoms with Gasteiger partial charge in [0.25, 0.3) is 0 Å². The first-order valence-corrected chi connectivity index (χ1v) is 14.9. The molecule has 1 saturated carbocycles. The second-order valence-corrected chi connectivity index (χ2v) is 11.9. The van der Waals surface area contributed by atoms with Crippen LogP contribution in [-0.2, 0) is 21.5 Å². The quantitative estimate of drug-likeness (QED) is 0.454. The highest BCUT2D eigenvalue weighted by molar-refractivity contribution is 6.31. The molecule has 2 aliphatic heterocycles. The molecule has 0 spiro atoms. The average Bonchev–Trinajstić information content (AvgIpc) is 3.07. The highest BCUT2D eigenvalue weighted by Crippen LogP contribution is 2.46. The molecule has 1 atom stereocenters. The number of rotatable bonds is 8. The van der Waals surface area contributed by atoms with Gasteiger partial charge in [0.1, 0.15) is 5.54 Å². The highest BCUT2D eigenvalue weighted by atomic mass is 35.5. The summed E-state index contributed by atoms with van der Waals surface area (Å²) in [4.78, 5) is 34.4. The molecule has 1 aliphatic carbocycles. The normalized spacial score (nSPS) is 22.6. The van der Waals surface area contributed by atoms with Gasteiger partial charge in [-0.1, -0.05) is 67.1 Å². The standard InChI is InChI=1S/C30H38Cl2N4O3/c31-23-7-5-6-22(18-23)20-30(26-11-10-24(32)19-27(26)33-29(30)39)36(25-8-3-1-2-4-9-25)21-28(38)35-14-12-34(13-15-35)16-17-37/h5-7,10-11,18-19,25,37H,1-4,8-9,12-17,20-21H2,(H,33,39). The SMILES string of the molecule is O=C(CN(C1CCCCCC1)C1(Cc2cccc(Cl)c2)C(=O)Nc2cc(Cl)ccc21)N1CCN(CCO)CC1. The van der Waals surface area contributed by atoms with Crippen LogP contribution in [0.5, 0.6) is 0 Å². The number of nitrogens with zero attached hydrogens (tertiary/aromatic N) is 3. The summed E-state index contributed by atoms with van der Waals surface area (Å²) in [7, 11) is 0. The Bertz CT molecular complexity index is 1180. The Hall–Kier alpha value is -2.16. The van der Waals surface area contributed by atoms with Crippen LogP contribution in [-0.4, -0.2) is 83.5 Å². The minimum absolute atomic E-state index is 0.0450. The Balaban J connectivity index is 1.54. The first-order valence-electron chi connectivity index (χ1n) is 14.1. The summed E-state index contributed by atoms with van der Waals surface area (Å²) in [5, 5.41) is 13.6. The molecule has 0 aromatic heterocycles. The number of carbonyl (C=O) groups is 2. The molecular weight excluding hydrogens is 535 g/mol. The number of anilines is 1. The summed E-state index contributed by atoms with van der Waals surface area (Å²) in [6, 6.07) is 13.3. The average molecular weight is 574 g/mol. The van der Waals surface area contributed by atoms with Gasteiger partial charge >= 0.3 is 0 Å². The number of β-amino-alcohol motifs (C(OH)–C–C–N with tert-alkyl or cyclic N) is 1. The van der Waals surface area contributed by atoms with E-state index in [1.807, 2.05) is 47.4 Å². The van der Waals surface area contributed by atoms with Crippen molar-refractivity contribution in [1.29, 1.82) is 0 Å². The van der Waals surface area contributed by atoms with Gasteiger partial charge in [-0.3, -0.25) is 19.4 Å². The third-order valence-corrected chi connectivity index (χ3v) is 9.07. The molecule has 0 bridgehead atoms. The zero-order chi connectivity index (χ0) is 27.4. The number of piperazine rings is 1. The molecule has 3 aliphatic rings. The van der Waals surface area contributed by atoms with Crippen molar-refractivity contribution in [3.63, 3.8) is 0 Å². The van der Waals surface area contributed by atoms with Crippen molar-refractivity contribution in [2.75, 3.05) is 51.2 Å². The van der Waals surface area contributed by atoms with Crippen LogP contribution in [0.25, 0.3) is 0 Å². The molecule has 2 N–H and O–H groups in total. The predicted molar refractivity (Wildman–Crippen MR) is 155 cm³/mol. The second kappa shape index (κ2) is 12.6. The van der Waals surface area contributed by atoms with Crippen molar-refractivity contribution < 1.29 is 14.7 Å². The second-order valence-electron chi connectivity index (χ2n) is 11.0. The van der Waals surface area contributed by atoms with Gasteiger partial charge in [0, 0.05) is 66.5 Å². The lowest BCUT2D eigenvalue weighted by atomic mass is 9.81. The van der Waals surface area contributed by atoms with Crippen molar-refractivity contribution in [2.24, 2.45) is 0 Å². The van der Waals surface area contributed by atoms with E-state index < -0.39 is 5.54 Å². The molecule has 210 valence electrons. The number of aliphatic hydroxyl groups is 1. The topological polar surface area (TPSA) is 76.1 Å². The van der Waals surface area contributed by atoms with Crippen molar-refractivity contribution in [3.05, 3.63) is 63.6 Å². The van der Waals surface area contributed by atoms with E-state index in [1.54, 1.807) is 0 Å². The molecule has 2 aromatic carbocycles. The molecule has 2 heterocycles. The molecule has 0 radical (unpaired) electrons. The summed E-state index contributed by atoms with van der Waals surface area (Å²) >= 11 is 12.7. The predicted octanol–water partition coefficient (Wildman–Crippen LogP) is 4.54. The summed E-state index contributed by atoms with van der Waals surface area (Å²) in [5.41, 5.74) is 1.46. The molecule has 1 saturated heterocycles. The van der Waals surface area contributed by atoms with E-state index in [0.29, 0.717) is 41.8 Å². The molecule has 7 nitrogen and oxygen atoms in total. The van der Waals surface area contributed by atoms with Crippen LogP contribution in [0.15, 0.2) is 42.5 Å². The molecule has 2 amide bonds. The van der Waals surface area contributed by atoms with Crippen molar-refractivity contribution in [2.45, 2.75) is 56.5 Å². The lowest BCUT2D eigenvalue weighted by Gasteiger charge is -2.45. The summed E-state index contributed by atoms with van der Waals surface area (Å²) in [6.45, 7) is 3.64. The number of carbonyl (C=O) groups excluding carboxylic acids is 2. The summed E-state index contributed by atoms with van der Waals surface area (Å²) in [6.07, 6.45) is 6.81. The van der Waals surface area contributed by atoms with Crippen LogP contribution in [0, 0.1) is 0 Å². The number of hydrogen-bond acceptors (Lipinski definition) is 5. The van der Waals surface area contributed by atoms with Gasteiger partial charge in [-0.15, -0.1) is 0 Å². The Morgan fingerprint density at radius 2 is 1.72 bits per heavy atom. The molecule has 39 heavy (non-hydrogen) atoms. The largest absolute Gasteiger partial charge is 0.395 e. The third-order valence-electron chi connectivity index (χ3n) is 8.60. The van der Waals surface area contributed by atoms with Gasteiger partial charge in [0.05, 0.1) is 13.2 Å². The van der Waals surface area contributed by atoms with Crippen LogP contribution in [0.2, 0.25) is 10.0 Å². The van der Waals surface area contributed by atoms with E-state index in [-0.39, 0.29) is 31.0 Å². The molecule has 2 aromatic rings. The Morgan fingerprint density at radius 1 is 1.00 bits per heavy atom. The van der Waals surface area contributed by atoms with E-state index in [1.165, 1.54) is 12.8 Å². The number of aliphatic hydroxyl groups excluding tert-OH is 1. The van der Waals surface area contributed by atoms with Crippen molar-refractivity contribution in [3.8, 4) is 0 Å². The zero-order valence-electron chi connectivity index (χ0n) is 22.4. The Labute approximate surface area is 241 Å². The van der Waals surface area contributed by atoms with E-state index in [9.17, 15) is 14.7 Å². The van der Waals surface area contributed by atoms with Crippen LogP contribution in [0.1, 0.15) is 49.7 Å². The number of halogens is 2. The highest BCUT2D eigenvalue weighted by Gasteiger charge is 2.53. The smallest absolute Gasteiger partial charge is 0.249 e. The minimum Gasteiger partial charge on any atom is -0.395 e. The van der Waals surface area contributed by atoms with E-state index in [2.05, 4.69) is 15.1 Å². The lowest BCUT2D eigenvalue weighted by Crippen LogP contribution is -2.60. The third kappa shape index (κ3) is 6.13. The van der Waals surface area contributed by atoms with Gasteiger partial charge in [0.2, 0.25) is 11.8 Å². The zero-order valence-corrected chi connectivity index (χ0v) is 23.9. The van der Waals surface area contributed by atoms with Gasteiger partial charge in [0.15, 0.2) is 0 Å². The summed E-state index contributed by atoms with van der Waals surface area (Å²) in [5.74, 6) is -0.0758. The minimum atomic E-state index is -1.06. The molecule has 5 rings (SSSR count). The van der Waals surface area contributed by atoms with Crippen LogP contribution >= 0.6 is 23.2 Å². The Kier molecular flexibility index (Phi) is 9.14. The fraction of sp³-hybridized carbons (Fsp3) is 0.533. The van der Waals surface area contributed by atoms with Gasteiger partial charge in [-0.05, 0) is 42.7 Å². The van der Waals surface area contributed by atoms with Gasteiger partial charge in [-0.2, -0.15) is 0 Å². The first-order chi connectivity index (χ1) is 18.9. The fourth-order valence-electron chi connectivity index (χ4n) is 6.59. The van der Waals surface area contributed by atoms with Crippen molar-refractivity contribution >= 4 is 40.7 Å². The lowest BCUT2D eigenvalue weighted by molar-refractivity contribution is -0.141. The van der Waals surface area contributed by atoms with E-state index in [0.717, 1.165) is 49.9 Å². The monoisotopic (exact) mass is 572 g/mol. The first kappa shape index (κ1) is 28.4. The van der Waals surface area contributed by atoms with E-state index in [4.69, 9.17) is 23.2 Å². The van der Waals surface area contributed by atoms with Crippen LogP contribution in [0.4, 0.5) is 5.69 Å². The van der Waals surface area contributed by atoms with Crippen molar-refractivity contribution in [1.82, 2.24) is 14.7 Å². The Morgan fingerprint density at radius 3 is 2.41 bits per heavy atom. The fourth-order valence-corrected chi connectivity index (χ4v) is 6.97. The number of hydrogen-bond donors (Lipinski definition) is 2. The summed E-state index contributed by atoms with van der Waals surface area (Å²) < 4.78 is 0. The maximum absolute atomic E-state index is 14.2. The van der Waals surface area contributed by atoms with Gasteiger partial charge in [-0.25, -0.2) is 0 Å². The number of nitrogens with one attached hydrogen (secondary N) is 1. The van der Waals surface area contributed by atoms with E-state index >= 15 is 0 Å². The van der Waals surface area contributed by atoms with Crippen LogP contribution in [0.3, 0.4) is 0 Å². The molecule has 9 heteroatoms. The molecule has 1 unspecified atom stereocenters. The molecule has 2 fully saturated rings. The number of amides is 2. The number of benzene rings is 2. The van der Waals surface area contributed by atoms with Gasteiger partial charge < -0.3 is 15.3 Å².